The molecule has 0 fully saturated rings. The lowest BCUT2D eigenvalue weighted by molar-refractivity contribution is -0.137. The van der Waals surface area contributed by atoms with E-state index in [4.69, 9.17) is 17.3 Å². The molecule has 1 heterocycles. The minimum absolute atomic E-state index is 0.144. The Balaban J connectivity index is 2.66. The highest BCUT2D eigenvalue weighted by Gasteiger charge is 2.31. The molecule has 0 saturated heterocycles. The van der Waals surface area contributed by atoms with Crippen LogP contribution in [-0.2, 0) is 6.18 Å². The summed E-state index contributed by atoms with van der Waals surface area (Å²) in [7, 11) is 0. The molecule has 0 amide bonds. The Hall–Kier alpha value is -0.730. The summed E-state index contributed by atoms with van der Waals surface area (Å²) < 4.78 is 37.5. The van der Waals surface area contributed by atoms with Crippen molar-refractivity contribution in [2.24, 2.45) is 5.73 Å². The fourth-order valence-electron chi connectivity index (χ4n) is 1.04. The predicted molar refractivity (Wildman–Crippen MR) is 69.8 cm³/mol. The topological polar surface area (TPSA) is 50.9 Å². The minimum atomic E-state index is -4.43. The largest absolute Gasteiger partial charge is 0.416 e. The van der Waals surface area contributed by atoms with Crippen molar-refractivity contribution in [1.29, 1.82) is 0 Å². The van der Waals surface area contributed by atoms with Crippen LogP contribution in [0.4, 0.5) is 13.2 Å². The molecule has 3 N–H and O–H groups in total. The summed E-state index contributed by atoms with van der Waals surface area (Å²) in [5, 5.41) is 2.85. The molecule has 0 unspecified atom stereocenters. The summed E-state index contributed by atoms with van der Waals surface area (Å²) in [4.78, 5) is 3.80. The number of aromatic nitrogens is 1. The number of halogens is 4. The van der Waals surface area contributed by atoms with Gasteiger partial charge >= 0.3 is 6.18 Å². The Morgan fingerprint density at radius 2 is 2.17 bits per heavy atom. The lowest BCUT2D eigenvalue weighted by Crippen LogP contribution is -2.30. The van der Waals surface area contributed by atoms with Gasteiger partial charge in [-0.15, -0.1) is 11.8 Å². The monoisotopic (exact) mass is 315 g/mol. The van der Waals surface area contributed by atoms with Gasteiger partial charge in [0.05, 0.1) is 10.6 Å². The molecular formula is C9H9ClF3N3S2. The highest BCUT2D eigenvalue weighted by Crippen LogP contribution is 2.32. The zero-order valence-electron chi connectivity index (χ0n) is 8.92. The van der Waals surface area contributed by atoms with E-state index < -0.39 is 11.7 Å². The Morgan fingerprint density at radius 3 is 2.72 bits per heavy atom. The molecule has 0 aliphatic heterocycles. The van der Waals surface area contributed by atoms with E-state index in [0.717, 1.165) is 23.9 Å². The first-order valence-electron chi connectivity index (χ1n) is 4.70. The molecule has 9 heteroatoms. The Morgan fingerprint density at radius 1 is 1.50 bits per heavy atom. The molecule has 100 valence electrons. The minimum Gasteiger partial charge on any atom is -0.376 e. The van der Waals surface area contributed by atoms with Crippen molar-refractivity contribution in [3.8, 4) is 0 Å². The molecule has 1 rings (SSSR count). The van der Waals surface area contributed by atoms with E-state index in [1.165, 1.54) is 0 Å². The first-order chi connectivity index (χ1) is 8.29. The van der Waals surface area contributed by atoms with Gasteiger partial charge in [-0.05, 0) is 24.4 Å². The number of nitrogens with zero attached hydrogens (tertiary/aromatic N) is 1. The van der Waals surface area contributed by atoms with Crippen LogP contribution in [0.15, 0.2) is 17.2 Å². The van der Waals surface area contributed by atoms with Crippen molar-refractivity contribution < 1.29 is 13.2 Å². The molecule has 1 aromatic rings. The summed E-state index contributed by atoms with van der Waals surface area (Å²) in [6, 6.07) is 1.75. The summed E-state index contributed by atoms with van der Waals surface area (Å²) in [6.07, 6.45) is -4.43. The van der Waals surface area contributed by atoms with Crippen molar-refractivity contribution >= 4 is 40.7 Å². The summed E-state index contributed by atoms with van der Waals surface area (Å²) in [6.45, 7) is 0.440. The van der Waals surface area contributed by atoms with E-state index in [2.05, 4.69) is 22.5 Å². The quantitative estimate of drug-likeness (QED) is 0.387. The molecule has 0 saturated carbocycles. The number of pyridine rings is 1. The van der Waals surface area contributed by atoms with Crippen LogP contribution in [0.2, 0.25) is 5.15 Å². The van der Waals surface area contributed by atoms with Crippen molar-refractivity contribution in [3.63, 3.8) is 0 Å². The Kier molecular flexibility index (Phi) is 5.48. The highest BCUT2D eigenvalue weighted by molar-refractivity contribution is 7.99. The van der Waals surface area contributed by atoms with Crippen molar-refractivity contribution in [2.45, 2.75) is 11.2 Å². The second kappa shape index (κ2) is 6.44. The number of nitrogens with two attached hydrogens (primary N) is 1. The maximum atomic E-state index is 12.5. The van der Waals surface area contributed by atoms with E-state index in [9.17, 15) is 13.2 Å². The standard InChI is InChI=1S/C9H9ClF3N3S2/c10-6-3-5(9(11,12)13)4-7(16-6)18-2-1-15-8(14)17/h3-4H,1-2H2,(H3,14,15,17). The molecule has 3 nitrogen and oxygen atoms in total. The second-order valence-electron chi connectivity index (χ2n) is 3.15. The molecule has 0 aromatic carbocycles. The maximum Gasteiger partial charge on any atom is 0.416 e. The lowest BCUT2D eigenvalue weighted by atomic mass is 10.3. The molecule has 0 radical (unpaired) electrons. The molecular weight excluding hydrogens is 307 g/mol. The van der Waals surface area contributed by atoms with Crippen LogP contribution in [0, 0.1) is 0 Å². The molecule has 0 atom stereocenters. The van der Waals surface area contributed by atoms with Gasteiger partial charge in [-0.25, -0.2) is 4.98 Å². The number of hydrogen-bond donors (Lipinski definition) is 2. The van der Waals surface area contributed by atoms with Gasteiger partial charge in [-0.2, -0.15) is 13.2 Å². The smallest absolute Gasteiger partial charge is 0.376 e. The molecule has 0 spiro atoms. The van der Waals surface area contributed by atoms with Gasteiger partial charge in [0.2, 0.25) is 0 Å². The third-order valence-electron chi connectivity index (χ3n) is 1.75. The normalized spacial score (nSPS) is 11.3. The third-order valence-corrected chi connectivity index (χ3v) is 3.00. The fourth-order valence-corrected chi connectivity index (χ4v) is 2.19. The second-order valence-corrected chi connectivity index (χ2v) is 5.10. The first-order valence-corrected chi connectivity index (χ1v) is 6.47. The van der Waals surface area contributed by atoms with E-state index >= 15 is 0 Å². The van der Waals surface area contributed by atoms with Gasteiger partial charge in [0.1, 0.15) is 5.15 Å². The number of thioether (sulfide) groups is 1. The van der Waals surface area contributed by atoms with E-state index in [-0.39, 0.29) is 15.3 Å². The summed E-state index contributed by atoms with van der Waals surface area (Å²) >= 11 is 11.3. The van der Waals surface area contributed by atoms with Crippen LogP contribution in [0.5, 0.6) is 0 Å². The lowest BCUT2D eigenvalue weighted by Gasteiger charge is -2.09. The summed E-state index contributed by atoms with van der Waals surface area (Å²) in [5.41, 5.74) is 4.39. The van der Waals surface area contributed by atoms with Crippen molar-refractivity contribution in [2.75, 3.05) is 12.3 Å². The number of thiocarbonyl (C=S) groups is 1. The fraction of sp³-hybridized carbons (Fsp3) is 0.333. The Bertz CT molecular complexity index is 440. The zero-order valence-corrected chi connectivity index (χ0v) is 11.3. The molecule has 18 heavy (non-hydrogen) atoms. The third kappa shape index (κ3) is 5.28. The molecule has 0 aliphatic carbocycles. The molecule has 0 aliphatic rings. The highest BCUT2D eigenvalue weighted by atomic mass is 35.5. The van der Waals surface area contributed by atoms with E-state index in [0.29, 0.717) is 12.3 Å². The first kappa shape index (κ1) is 15.3. The van der Waals surface area contributed by atoms with Gasteiger partial charge in [-0.3, -0.25) is 0 Å². The van der Waals surface area contributed by atoms with Crippen LogP contribution in [0.3, 0.4) is 0 Å². The van der Waals surface area contributed by atoms with Crippen LogP contribution < -0.4 is 11.1 Å². The van der Waals surface area contributed by atoms with Gasteiger partial charge in [0.25, 0.3) is 0 Å². The van der Waals surface area contributed by atoms with Crippen LogP contribution in [-0.4, -0.2) is 22.4 Å². The number of alkyl halides is 3. The zero-order chi connectivity index (χ0) is 13.8. The summed E-state index contributed by atoms with van der Waals surface area (Å²) in [5.74, 6) is 0.474. The van der Waals surface area contributed by atoms with Gasteiger partial charge in [0.15, 0.2) is 5.11 Å². The number of nitrogens with one attached hydrogen (secondary N) is 1. The van der Waals surface area contributed by atoms with Crippen LogP contribution >= 0.6 is 35.6 Å². The number of rotatable bonds is 4. The van der Waals surface area contributed by atoms with Crippen molar-refractivity contribution in [3.05, 3.63) is 22.8 Å². The van der Waals surface area contributed by atoms with Crippen LogP contribution in [0.25, 0.3) is 0 Å². The average Bonchev–Trinajstić information content (AvgIpc) is 2.22. The maximum absolute atomic E-state index is 12.5. The van der Waals surface area contributed by atoms with E-state index in [1.54, 1.807) is 0 Å². The number of hydrogen-bond acceptors (Lipinski definition) is 3. The van der Waals surface area contributed by atoms with Crippen molar-refractivity contribution in [1.82, 2.24) is 10.3 Å². The SMILES string of the molecule is NC(=S)NCCSc1cc(C(F)(F)F)cc(Cl)n1. The van der Waals surface area contributed by atoms with Crippen LogP contribution in [0.1, 0.15) is 5.56 Å². The molecule has 1 aromatic heterocycles. The van der Waals surface area contributed by atoms with Gasteiger partial charge in [-0.1, -0.05) is 11.6 Å². The molecule has 0 bridgehead atoms. The predicted octanol–water partition coefficient (Wildman–Crippen LogP) is 2.68. The Labute approximate surface area is 116 Å². The van der Waals surface area contributed by atoms with Gasteiger partial charge < -0.3 is 11.1 Å². The van der Waals surface area contributed by atoms with Gasteiger partial charge in [0, 0.05) is 12.3 Å². The average molecular weight is 316 g/mol. The van der Waals surface area contributed by atoms with E-state index in [1.807, 2.05) is 0 Å².